The van der Waals surface area contributed by atoms with Gasteiger partial charge in [-0.1, -0.05) is 91.0 Å². The maximum absolute atomic E-state index is 6.63. The smallest absolute Gasteiger partial charge is 0.217 e. The monoisotopic (exact) mass is 539 g/mol. The highest BCUT2D eigenvalue weighted by molar-refractivity contribution is 5.59. The minimum absolute atomic E-state index is 0.246. The number of piperidine rings is 3. The van der Waals surface area contributed by atoms with E-state index in [9.17, 15) is 0 Å². The van der Waals surface area contributed by atoms with Gasteiger partial charge in [-0.3, -0.25) is 4.68 Å². The van der Waals surface area contributed by atoms with Gasteiger partial charge in [0, 0.05) is 49.3 Å². The molecule has 4 aliphatic rings. The molecule has 3 aromatic carbocycles. The third kappa shape index (κ3) is 4.16. The lowest BCUT2D eigenvalue weighted by molar-refractivity contribution is -0.0997. The first-order chi connectivity index (χ1) is 20.3. The Labute approximate surface area is 240 Å². The number of hydrogen-bond donors (Lipinski definition) is 0. The van der Waals surface area contributed by atoms with Crippen LogP contribution in [0.2, 0.25) is 0 Å². The molecule has 5 heterocycles. The lowest BCUT2D eigenvalue weighted by Crippen LogP contribution is -2.61. The van der Waals surface area contributed by atoms with E-state index < -0.39 is 5.54 Å². The summed E-state index contributed by atoms with van der Waals surface area (Å²) in [6, 6.07) is 33.8. The average Bonchev–Trinajstić information content (AvgIpc) is 3.52. The molecule has 41 heavy (non-hydrogen) atoms. The van der Waals surface area contributed by atoms with Crippen LogP contribution in [0.1, 0.15) is 29.5 Å². The van der Waals surface area contributed by atoms with Crippen molar-refractivity contribution in [2.24, 2.45) is 17.8 Å². The van der Waals surface area contributed by atoms with Gasteiger partial charge in [0.2, 0.25) is 5.88 Å². The molecule has 2 atom stereocenters. The van der Waals surface area contributed by atoms with Crippen LogP contribution >= 0.6 is 0 Å². The largest absolute Gasteiger partial charge is 0.474 e. The van der Waals surface area contributed by atoms with Crippen molar-refractivity contribution in [1.82, 2.24) is 24.6 Å². The first-order valence-corrected chi connectivity index (χ1v) is 14.7. The van der Waals surface area contributed by atoms with Gasteiger partial charge in [-0.25, -0.2) is 9.97 Å². The lowest BCUT2D eigenvalue weighted by atomic mass is 9.66. The molecule has 6 nitrogen and oxygen atoms in total. The van der Waals surface area contributed by atoms with Gasteiger partial charge in [-0.15, -0.1) is 0 Å². The zero-order chi connectivity index (χ0) is 27.2. The normalized spacial score (nSPS) is 24.8. The van der Waals surface area contributed by atoms with Gasteiger partial charge in [0.25, 0.3) is 0 Å². The topological polar surface area (TPSA) is 56.1 Å². The Kier molecular flexibility index (Phi) is 5.95. The van der Waals surface area contributed by atoms with E-state index in [2.05, 4.69) is 117 Å². The SMILES string of the molecule is c1ccc(C(c2ccccc2)(c2ccccc2)n2cc(-c3cc(OC4C5CC6CC4CN(C6)C5)ncn3)cn2)cc1. The summed E-state index contributed by atoms with van der Waals surface area (Å²) < 4.78 is 8.71. The molecule has 3 saturated heterocycles. The van der Waals surface area contributed by atoms with Crippen LogP contribution in [0.4, 0.5) is 0 Å². The van der Waals surface area contributed by atoms with Crippen LogP contribution in [0.3, 0.4) is 0 Å². The molecule has 0 radical (unpaired) electrons. The fourth-order valence-corrected chi connectivity index (χ4v) is 7.83. The maximum atomic E-state index is 6.63. The van der Waals surface area contributed by atoms with Gasteiger partial charge in [-0.05, 0) is 35.4 Å². The first kappa shape index (κ1) is 24.5. The van der Waals surface area contributed by atoms with E-state index in [0.29, 0.717) is 17.7 Å². The number of benzene rings is 3. The molecular weight excluding hydrogens is 506 g/mol. The van der Waals surface area contributed by atoms with Crippen LogP contribution in [0.15, 0.2) is 116 Å². The van der Waals surface area contributed by atoms with Gasteiger partial charge in [-0.2, -0.15) is 5.10 Å². The van der Waals surface area contributed by atoms with Gasteiger partial charge in [0.05, 0.1) is 11.9 Å². The average molecular weight is 540 g/mol. The standard InChI is InChI=1S/C35H33N5O/c1-4-10-29(11-5-1)35(30-12-6-2-7-13-30,31-14-8-3-9-15-31)40-23-28(19-38-40)32-18-33(37-24-36-32)41-34-26-16-25-17-27(34)22-39(20-25)21-26/h1-15,18-19,23-27,34H,16-17,20-22H2. The molecule has 4 bridgehead atoms. The lowest BCUT2D eigenvalue weighted by Gasteiger charge is -2.55. The second-order valence-corrected chi connectivity index (χ2v) is 11.9. The predicted octanol–water partition coefficient (Wildman–Crippen LogP) is 5.90. The molecule has 2 unspecified atom stereocenters. The quantitative estimate of drug-likeness (QED) is 0.241. The summed E-state index contributed by atoms with van der Waals surface area (Å²) in [5, 5.41) is 5.01. The van der Waals surface area contributed by atoms with E-state index in [1.54, 1.807) is 6.33 Å². The predicted molar refractivity (Wildman–Crippen MR) is 158 cm³/mol. The van der Waals surface area contributed by atoms with Gasteiger partial charge in [0.1, 0.15) is 18.0 Å². The number of ether oxygens (including phenoxy) is 1. The van der Waals surface area contributed by atoms with Gasteiger partial charge in [0.15, 0.2) is 0 Å². The molecular formula is C35H33N5O. The van der Waals surface area contributed by atoms with E-state index in [1.807, 2.05) is 12.3 Å². The Hall–Kier alpha value is -4.29. The van der Waals surface area contributed by atoms with Gasteiger partial charge < -0.3 is 9.64 Å². The Morgan fingerprint density at radius 1 is 0.707 bits per heavy atom. The first-order valence-electron chi connectivity index (χ1n) is 14.7. The Balaban J connectivity index is 1.19. The minimum Gasteiger partial charge on any atom is -0.474 e. The Morgan fingerprint density at radius 3 is 1.85 bits per heavy atom. The minimum atomic E-state index is -0.663. The third-order valence-corrected chi connectivity index (χ3v) is 9.40. The van der Waals surface area contributed by atoms with Crippen LogP contribution in [0.25, 0.3) is 11.3 Å². The van der Waals surface area contributed by atoms with Crippen molar-refractivity contribution in [3.8, 4) is 17.1 Å². The maximum Gasteiger partial charge on any atom is 0.217 e. The fraction of sp³-hybridized carbons (Fsp3) is 0.286. The van der Waals surface area contributed by atoms with Crippen molar-refractivity contribution in [2.75, 3.05) is 19.6 Å². The van der Waals surface area contributed by atoms with Crippen molar-refractivity contribution in [3.63, 3.8) is 0 Å². The van der Waals surface area contributed by atoms with E-state index in [-0.39, 0.29) is 6.10 Å². The summed E-state index contributed by atoms with van der Waals surface area (Å²) in [5.74, 6) is 2.71. The highest BCUT2D eigenvalue weighted by Crippen LogP contribution is 2.45. The number of hydrogen-bond acceptors (Lipinski definition) is 5. The summed E-state index contributed by atoms with van der Waals surface area (Å²) >= 11 is 0. The van der Waals surface area contributed by atoms with E-state index in [0.717, 1.165) is 47.0 Å². The highest BCUT2D eigenvalue weighted by Gasteiger charge is 2.49. The van der Waals surface area contributed by atoms with E-state index >= 15 is 0 Å². The van der Waals surface area contributed by atoms with Crippen molar-refractivity contribution >= 4 is 0 Å². The molecule has 4 fully saturated rings. The summed E-state index contributed by atoms with van der Waals surface area (Å²) in [4.78, 5) is 11.8. The zero-order valence-corrected chi connectivity index (χ0v) is 23.0. The number of nitrogens with zero attached hydrogens (tertiary/aromatic N) is 5. The van der Waals surface area contributed by atoms with Gasteiger partial charge >= 0.3 is 0 Å². The molecule has 1 saturated carbocycles. The summed E-state index contributed by atoms with van der Waals surface area (Å²) in [6.45, 7) is 3.59. The fourth-order valence-electron chi connectivity index (χ4n) is 7.83. The number of aromatic nitrogens is 4. The summed E-state index contributed by atoms with van der Waals surface area (Å²) in [7, 11) is 0. The van der Waals surface area contributed by atoms with Crippen LogP contribution in [0, 0.1) is 17.8 Å². The molecule has 204 valence electrons. The van der Waals surface area contributed by atoms with Crippen LogP contribution in [0.5, 0.6) is 5.88 Å². The van der Waals surface area contributed by atoms with E-state index in [1.165, 1.54) is 19.4 Å². The number of rotatable bonds is 7. The summed E-state index contributed by atoms with van der Waals surface area (Å²) in [5.41, 5.74) is 4.49. The van der Waals surface area contributed by atoms with Crippen molar-refractivity contribution in [1.29, 1.82) is 0 Å². The molecule has 0 amide bonds. The van der Waals surface area contributed by atoms with Crippen LogP contribution in [-0.2, 0) is 5.54 Å². The summed E-state index contributed by atoms with van der Waals surface area (Å²) in [6.07, 6.45) is 8.45. The third-order valence-electron chi connectivity index (χ3n) is 9.40. The molecule has 1 aliphatic carbocycles. The highest BCUT2D eigenvalue weighted by atomic mass is 16.5. The molecule has 5 aromatic rings. The molecule has 3 aliphatic heterocycles. The molecule has 0 N–H and O–H groups in total. The Morgan fingerprint density at radius 2 is 1.29 bits per heavy atom. The van der Waals surface area contributed by atoms with Crippen LogP contribution in [-0.4, -0.2) is 50.4 Å². The van der Waals surface area contributed by atoms with Crippen molar-refractivity contribution in [2.45, 2.75) is 24.5 Å². The molecule has 6 heteroatoms. The second-order valence-electron chi connectivity index (χ2n) is 11.9. The molecule has 9 rings (SSSR count). The van der Waals surface area contributed by atoms with Crippen molar-refractivity contribution < 1.29 is 4.74 Å². The van der Waals surface area contributed by atoms with Crippen molar-refractivity contribution in [3.05, 3.63) is 132 Å². The van der Waals surface area contributed by atoms with Crippen LogP contribution < -0.4 is 4.74 Å². The molecule has 0 spiro atoms. The zero-order valence-electron chi connectivity index (χ0n) is 23.0. The van der Waals surface area contributed by atoms with E-state index in [4.69, 9.17) is 9.84 Å². The Bertz CT molecular complexity index is 1510. The second kappa shape index (κ2) is 9.96. The molecule has 2 aromatic heterocycles.